The van der Waals surface area contributed by atoms with Gasteiger partial charge in [0, 0.05) is 17.8 Å². The molecule has 4 N–H and O–H groups in total. The molecule has 0 aliphatic rings. The van der Waals surface area contributed by atoms with E-state index < -0.39 is 0 Å². The Kier molecular flexibility index (Phi) is 2.64. The van der Waals surface area contributed by atoms with Gasteiger partial charge in [-0.1, -0.05) is 6.07 Å². The maximum atomic E-state index is 5.74. The first-order chi connectivity index (χ1) is 7.70. The predicted octanol–water partition coefficient (Wildman–Crippen LogP) is 1.92. The number of hydrogen-bond acceptors (Lipinski definition) is 4. The number of pyridine rings is 1. The lowest BCUT2D eigenvalue weighted by Crippen LogP contribution is -1.94. The fourth-order valence-electron chi connectivity index (χ4n) is 1.43. The van der Waals surface area contributed by atoms with Gasteiger partial charge in [-0.05, 0) is 23.8 Å². The van der Waals surface area contributed by atoms with Crippen LogP contribution in [-0.4, -0.2) is 12.1 Å². The van der Waals surface area contributed by atoms with E-state index in [9.17, 15) is 0 Å². The molecule has 0 amide bonds. The van der Waals surface area contributed by atoms with Crippen LogP contribution in [0.4, 0.5) is 11.4 Å². The third-order valence-electron chi connectivity index (χ3n) is 2.37. The largest absolute Gasteiger partial charge is 0.481 e. The molecule has 1 aromatic carbocycles. The minimum Gasteiger partial charge on any atom is -0.481 e. The van der Waals surface area contributed by atoms with Gasteiger partial charge in [0.2, 0.25) is 5.88 Å². The van der Waals surface area contributed by atoms with Crippen LogP contribution in [0.2, 0.25) is 0 Å². The number of nitrogens with zero attached hydrogens (tertiary/aromatic N) is 1. The molecule has 2 rings (SSSR count). The second-order valence-corrected chi connectivity index (χ2v) is 3.43. The van der Waals surface area contributed by atoms with Crippen LogP contribution in [-0.2, 0) is 0 Å². The molecular weight excluding hydrogens is 202 g/mol. The summed E-state index contributed by atoms with van der Waals surface area (Å²) in [4.78, 5) is 4.13. The van der Waals surface area contributed by atoms with Gasteiger partial charge in [-0.15, -0.1) is 0 Å². The first kappa shape index (κ1) is 10.3. The monoisotopic (exact) mass is 215 g/mol. The summed E-state index contributed by atoms with van der Waals surface area (Å²) in [5, 5.41) is 0. The van der Waals surface area contributed by atoms with Crippen LogP contribution in [0.5, 0.6) is 5.88 Å². The zero-order chi connectivity index (χ0) is 11.5. The Hall–Kier alpha value is -2.23. The van der Waals surface area contributed by atoms with E-state index in [4.69, 9.17) is 16.2 Å². The molecule has 0 unspecified atom stereocenters. The minimum atomic E-state index is 0.577. The third-order valence-corrected chi connectivity index (χ3v) is 2.37. The number of benzene rings is 1. The molecule has 1 aromatic heterocycles. The van der Waals surface area contributed by atoms with Crippen LogP contribution < -0.4 is 16.2 Å². The summed E-state index contributed by atoms with van der Waals surface area (Å²) in [6, 6.07) is 9.27. The Morgan fingerprint density at radius 1 is 1.00 bits per heavy atom. The topological polar surface area (TPSA) is 74.2 Å². The van der Waals surface area contributed by atoms with Gasteiger partial charge in [0.1, 0.15) is 0 Å². The number of hydrogen-bond donors (Lipinski definition) is 2. The number of nitrogen functional groups attached to an aromatic ring is 2. The summed E-state index contributed by atoms with van der Waals surface area (Å²) in [5.74, 6) is 0.590. The Labute approximate surface area is 93.9 Å². The number of rotatable bonds is 2. The highest BCUT2D eigenvalue weighted by Crippen LogP contribution is 2.25. The fourth-order valence-corrected chi connectivity index (χ4v) is 1.43. The summed E-state index contributed by atoms with van der Waals surface area (Å²) < 4.78 is 4.99. The quantitative estimate of drug-likeness (QED) is 0.750. The SMILES string of the molecule is COc1ccc(-c2ccc(N)c(N)c2)cn1. The highest BCUT2D eigenvalue weighted by Gasteiger charge is 2.01. The smallest absolute Gasteiger partial charge is 0.212 e. The number of aromatic nitrogens is 1. The van der Waals surface area contributed by atoms with Crippen LogP contribution in [0.15, 0.2) is 36.5 Å². The van der Waals surface area contributed by atoms with E-state index in [1.165, 1.54) is 0 Å². The molecule has 1 heterocycles. The van der Waals surface area contributed by atoms with Crippen LogP contribution in [0.1, 0.15) is 0 Å². The van der Waals surface area contributed by atoms with Crippen molar-refractivity contribution in [1.29, 1.82) is 0 Å². The summed E-state index contributed by atoms with van der Waals surface area (Å²) in [6.45, 7) is 0. The molecule has 0 spiro atoms. The van der Waals surface area contributed by atoms with Crippen LogP contribution in [0.25, 0.3) is 11.1 Å². The van der Waals surface area contributed by atoms with Crippen molar-refractivity contribution in [1.82, 2.24) is 4.98 Å². The summed E-state index contributed by atoms with van der Waals surface area (Å²) in [5.41, 5.74) is 14.5. The van der Waals surface area contributed by atoms with Crippen LogP contribution in [0, 0.1) is 0 Å². The second-order valence-electron chi connectivity index (χ2n) is 3.43. The van der Waals surface area contributed by atoms with Crippen molar-refractivity contribution in [2.45, 2.75) is 0 Å². The predicted molar refractivity (Wildman–Crippen MR) is 65.0 cm³/mol. The average molecular weight is 215 g/mol. The lowest BCUT2D eigenvalue weighted by Gasteiger charge is -2.05. The highest BCUT2D eigenvalue weighted by atomic mass is 16.5. The van der Waals surface area contributed by atoms with Crippen molar-refractivity contribution in [3.63, 3.8) is 0 Å². The molecule has 0 aliphatic heterocycles. The fraction of sp³-hybridized carbons (Fsp3) is 0.0833. The van der Waals surface area contributed by atoms with E-state index in [0.717, 1.165) is 11.1 Å². The Balaban J connectivity index is 2.38. The van der Waals surface area contributed by atoms with Crippen LogP contribution >= 0.6 is 0 Å². The van der Waals surface area contributed by atoms with Gasteiger partial charge in [-0.3, -0.25) is 0 Å². The molecule has 4 nitrogen and oxygen atoms in total. The molecule has 0 saturated carbocycles. The minimum absolute atomic E-state index is 0.577. The Morgan fingerprint density at radius 3 is 2.31 bits per heavy atom. The van der Waals surface area contributed by atoms with Gasteiger partial charge in [0.05, 0.1) is 18.5 Å². The maximum Gasteiger partial charge on any atom is 0.212 e. The van der Waals surface area contributed by atoms with E-state index in [2.05, 4.69) is 4.98 Å². The lowest BCUT2D eigenvalue weighted by molar-refractivity contribution is 0.398. The van der Waals surface area contributed by atoms with E-state index in [1.54, 1.807) is 19.4 Å². The summed E-state index contributed by atoms with van der Waals surface area (Å²) in [7, 11) is 1.59. The second kappa shape index (κ2) is 4.10. The molecule has 82 valence electrons. The number of nitrogens with two attached hydrogens (primary N) is 2. The van der Waals surface area contributed by atoms with Gasteiger partial charge < -0.3 is 16.2 Å². The average Bonchev–Trinajstić information content (AvgIpc) is 2.33. The molecule has 0 bridgehead atoms. The Morgan fingerprint density at radius 2 is 1.75 bits per heavy atom. The van der Waals surface area contributed by atoms with Crippen molar-refractivity contribution < 1.29 is 4.74 Å². The molecule has 16 heavy (non-hydrogen) atoms. The van der Waals surface area contributed by atoms with Gasteiger partial charge in [0.15, 0.2) is 0 Å². The van der Waals surface area contributed by atoms with Crippen LogP contribution in [0.3, 0.4) is 0 Å². The molecule has 0 radical (unpaired) electrons. The summed E-state index contributed by atoms with van der Waals surface area (Å²) >= 11 is 0. The van der Waals surface area contributed by atoms with Crippen molar-refractivity contribution in [3.8, 4) is 17.0 Å². The van der Waals surface area contributed by atoms with Gasteiger partial charge in [-0.2, -0.15) is 0 Å². The van der Waals surface area contributed by atoms with Crippen molar-refractivity contribution in [2.75, 3.05) is 18.6 Å². The van der Waals surface area contributed by atoms with E-state index in [-0.39, 0.29) is 0 Å². The third kappa shape index (κ3) is 1.91. The van der Waals surface area contributed by atoms with Crippen molar-refractivity contribution in [3.05, 3.63) is 36.5 Å². The number of methoxy groups -OCH3 is 1. The zero-order valence-corrected chi connectivity index (χ0v) is 8.97. The van der Waals surface area contributed by atoms with E-state index in [0.29, 0.717) is 17.3 Å². The number of anilines is 2. The molecule has 0 atom stereocenters. The molecular formula is C12H13N3O. The molecule has 4 heteroatoms. The lowest BCUT2D eigenvalue weighted by atomic mass is 10.1. The molecule has 2 aromatic rings. The Bertz CT molecular complexity index is 494. The van der Waals surface area contributed by atoms with Crippen molar-refractivity contribution in [2.24, 2.45) is 0 Å². The van der Waals surface area contributed by atoms with Gasteiger partial charge in [0.25, 0.3) is 0 Å². The standard InChI is InChI=1S/C12H13N3O/c1-16-12-5-3-9(7-15-12)8-2-4-10(13)11(14)6-8/h2-7H,13-14H2,1H3. The van der Waals surface area contributed by atoms with E-state index >= 15 is 0 Å². The normalized spacial score (nSPS) is 10.1. The van der Waals surface area contributed by atoms with Gasteiger partial charge in [-0.25, -0.2) is 4.98 Å². The molecule has 0 fully saturated rings. The highest BCUT2D eigenvalue weighted by molar-refractivity contribution is 5.74. The van der Waals surface area contributed by atoms with E-state index in [1.807, 2.05) is 24.3 Å². The number of ether oxygens (including phenoxy) is 1. The molecule has 0 aliphatic carbocycles. The van der Waals surface area contributed by atoms with Crippen molar-refractivity contribution >= 4 is 11.4 Å². The first-order valence-corrected chi connectivity index (χ1v) is 4.86. The zero-order valence-electron chi connectivity index (χ0n) is 8.97. The van der Waals surface area contributed by atoms with Gasteiger partial charge >= 0.3 is 0 Å². The first-order valence-electron chi connectivity index (χ1n) is 4.86. The maximum absolute atomic E-state index is 5.74. The molecule has 0 saturated heterocycles. The summed E-state index contributed by atoms with van der Waals surface area (Å²) in [6.07, 6.45) is 1.74.